The molecule has 1 aromatic heterocycles. The molecule has 0 saturated carbocycles. The first-order valence-corrected chi connectivity index (χ1v) is 6.41. The van der Waals surface area contributed by atoms with E-state index >= 15 is 0 Å². The van der Waals surface area contributed by atoms with E-state index < -0.39 is 5.97 Å². The van der Waals surface area contributed by atoms with Gasteiger partial charge in [-0.05, 0) is 24.3 Å². The van der Waals surface area contributed by atoms with Crippen LogP contribution in [0.4, 0.5) is 5.69 Å². The third kappa shape index (κ3) is 2.43. The van der Waals surface area contributed by atoms with E-state index in [0.717, 1.165) is 0 Å². The molecule has 0 aliphatic carbocycles. The van der Waals surface area contributed by atoms with Crippen molar-refractivity contribution in [1.29, 1.82) is 0 Å². The number of amides is 1. The number of fused-ring (bicyclic) bond motifs is 1. The number of hydrogen-bond donors (Lipinski definition) is 1. The summed E-state index contributed by atoms with van der Waals surface area (Å²) in [5.41, 5.74) is 0.616. The lowest BCUT2D eigenvalue weighted by Gasteiger charge is -2.29. The molecule has 0 bridgehead atoms. The Hall–Kier alpha value is -2.89. The number of ether oxygens (including phenoxy) is 1. The Morgan fingerprint density at radius 3 is 2.67 bits per heavy atom. The van der Waals surface area contributed by atoms with Crippen LogP contribution in [-0.4, -0.2) is 35.1 Å². The van der Waals surface area contributed by atoms with Gasteiger partial charge in [-0.25, -0.2) is 9.78 Å². The smallest absolute Gasteiger partial charge is 0.354 e. The second-order valence-electron chi connectivity index (χ2n) is 4.49. The van der Waals surface area contributed by atoms with Gasteiger partial charge in [-0.2, -0.15) is 0 Å². The minimum absolute atomic E-state index is 0.103. The molecular weight excluding hydrogens is 272 g/mol. The maximum Gasteiger partial charge on any atom is 0.354 e. The highest BCUT2D eigenvalue weighted by Crippen LogP contribution is 2.31. The first-order valence-electron chi connectivity index (χ1n) is 6.41. The van der Waals surface area contributed by atoms with Gasteiger partial charge in [-0.3, -0.25) is 4.79 Å². The molecule has 1 aromatic carbocycles. The molecule has 2 aromatic rings. The molecule has 0 atom stereocenters. The van der Waals surface area contributed by atoms with Crippen molar-refractivity contribution < 1.29 is 19.4 Å². The molecule has 1 aliphatic rings. The average Bonchev–Trinajstić information content (AvgIpc) is 2.53. The fraction of sp³-hybridized carbons (Fsp3) is 0.133. The predicted octanol–water partition coefficient (Wildman–Crippen LogP) is 1.82. The highest BCUT2D eigenvalue weighted by Gasteiger charge is 2.25. The van der Waals surface area contributed by atoms with Gasteiger partial charge in [-0.15, -0.1) is 0 Å². The standard InChI is InChI=1S/C15H12N2O4/c18-14(10-4-3-5-11(16-10)15(19)20)17-8-9-21-13-7-2-1-6-12(13)17/h1-7H,8-9H2,(H,19,20). The molecule has 0 radical (unpaired) electrons. The van der Waals surface area contributed by atoms with E-state index in [1.165, 1.54) is 18.2 Å². The lowest BCUT2D eigenvalue weighted by atomic mass is 10.2. The lowest BCUT2D eigenvalue weighted by Crippen LogP contribution is -2.38. The molecule has 1 amide bonds. The summed E-state index contributed by atoms with van der Waals surface area (Å²) in [6.07, 6.45) is 0. The van der Waals surface area contributed by atoms with Gasteiger partial charge in [0, 0.05) is 0 Å². The number of aromatic carboxylic acids is 1. The van der Waals surface area contributed by atoms with Gasteiger partial charge in [0.1, 0.15) is 23.7 Å². The average molecular weight is 284 g/mol. The highest BCUT2D eigenvalue weighted by atomic mass is 16.5. The first-order chi connectivity index (χ1) is 10.2. The predicted molar refractivity (Wildman–Crippen MR) is 74.8 cm³/mol. The van der Waals surface area contributed by atoms with Crippen LogP contribution in [-0.2, 0) is 0 Å². The van der Waals surface area contributed by atoms with Crippen molar-refractivity contribution in [2.75, 3.05) is 18.1 Å². The van der Waals surface area contributed by atoms with Crippen LogP contribution in [0.1, 0.15) is 21.0 Å². The molecule has 106 valence electrons. The van der Waals surface area contributed by atoms with E-state index in [4.69, 9.17) is 9.84 Å². The molecule has 0 fully saturated rings. The summed E-state index contributed by atoms with van der Waals surface area (Å²) < 4.78 is 5.49. The van der Waals surface area contributed by atoms with Crippen molar-refractivity contribution in [2.24, 2.45) is 0 Å². The van der Waals surface area contributed by atoms with Crippen molar-refractivity contribution >= 4 is 17.6 Å². The summed E-state index contributed by atoms with van der Waals surface area (Å²) in [5.74, 6) is -0.868. The Labute approximate surface area is 120 Å². The van der Waals surface area contributed by atoms with E-state index in [1.807, 2.05) is 12.1 Å². The largest absolute Gasteiger partial charge is 0.490 e. The van der Waals surface area contributed by atoms with Crippen LogP contribution in [0.2, 0.25) is 0 Å². The molecule has 6 nitrogen and oxygen atoms in total. The Kier molecular flexibility index (Phi) is 3.27. The van der Waals surface area contributed by atoms with Crippen LogP contribution in [0.15, 0.2) is 42.5 Å². The maximum absolute atomic E-state index is 12.6. The van der Waals surface area contributed by atoms with Crippen molar-refractivity contribution in [3.63, 3.8) is 0 Å². The third-order valence-corrected chi connectivity index (χ3v) is 3.16. The molecule has 0 unspecified atom stereocenters. The third-order valence-electron chi connectivity index (χ3n) is 3.16. The van der Waals surface area contributed by atoms with Crippen LogP contribution in [0.5, 0.6) is 5.75 Å². The van der Waals surface area contributed by atoms with Gasteiger partial charge in [-0.1, -0.05) is 18.2 Å². The summed E-state index contributed by atoms with van der Waals surface area (Å²) in [4.78, 5) is 28.9. The molecule has 6 heteroatoms. The number of benzene rings is 1. The SMILES string of the molecule is O=C(O)c1cccc(C(=O)N2CCOc3ccccc32)n1. The van der Waals surface area contributed by atoms with E-state index in [0.29, 0.717) is 24.6 Å². The Morgan fingerprint density at radius 1 is 1.10 bits per heavy atom. The summed E-state index contributed by atoms with van der Waals surface area (Å²) in [6.45, 7) is 0.788. The van der Waals surface area contributed by atoms with Crippen molar-refractivity contribution in [3.05, 3.63) is 53.9 Å². The van der Waals surface area contributed by atoms with Gasteiger partial charge in [0.2, 0.25) is 0 Å². The van der Waals surface area contributed by atoms with Gasteiger partial charge < -0.3 is 14.7 Å². The number of anilines is 1. The lowest BCUT2D eigenvalue weighted by molar-refractivity contribution is 0.0690. The number of aromatic nitrogens is 1. The molecule has 21 heavy (non-hydrogen) atoms. The van der Waals surface area contributed by atoms with Crippen molar-refractivity contribution in [1.82, 2.24) is 4.98 Å². The van der Waals surface area contributed by atoms with E-state index in [2.05, 4.69) is 4.98 Å². The number of nitrogens with zero attached hydrogens (tertiary/aromatic N) is 2. The van der Waals surface area contributed by atoms with Crippen LogP contribution in [0.3, 0.4) is 0 Å². The van der Waals surface area contributed by atoms with Crippen molar-refractivity contribution in [3.8, 4) is 5.75 Å². The minimum Gasteiger partial charge on any atom is -0.490 e. The van der Waals surface area contributed by atoms with Crippen LogP contribution < -0.4 is 9.64 Å². The van der Waals surface area contributed by atoms with Crippen molar-refractivity contribution in [2.45, 2.75) is 0 Å². The number of carbonyl (C=O) groups excluding carboxylic acids is 1. The number of carbonyl (C=O) groups is 2. The maximum atomic E-state index is 12.6. The number of rotatable bonds is 2. The van der Waals surface area contributed by atoms with E-state index in [-0.39, 0.29) is 17.3 Å². The molecular formula is C15H12N2O4. The minimum atomic E-state index is -1.16. The zero-order valence-corrected chi connectivity index (χ0v) is 11.0. The monoisotopic (exact) mass is 284 g/mol. The Balaban J connectivity index is 1.96. The Bertz CT molecular complexity index is 714. The first kappa shape index (κ1) is 13.1. The molecule has 1 N–H and O–H groups in total. The van der Waals surface area contributed by atoms with E-state index in [9.17, 15) is 9.59 Å². The number of carboxylic acid groups (broad SMARTS) is 1. The molecule has 0 saturated heterocycles. The molecule has 3 rings (SSSR count). The number of pyridine rings is 1. The summed E-state index contributed by atoms with van der Waals surface area (Å²) in [6, 6.07) is 11.6. The van der Waals surface area contributed by atoms with Gasteiger partial charge in [0.15, 0.2) is 0 Å². The van der Waals surface area contributed by atoms with Gasteiger partial charge in [0.25, 0.3) is 5.91 Å². The topological polar surface area (TPSA) is 79.7 Å². The molecule has 0 spiro atoms. The summed E-state index contributed by atoms with van der Waals surface area (Å²) in [7, 11) is 0. The van der Waals surface area contributed by atoms with Gasteiger partial charge >= 0.3 is 5.97 Å². The highest BCUT2D eigenvalue weighted by molar-refractivity contribution is 6.06. The van der Waals surface area contributed by atoms with Crippen LogP contribution >= 0.6 is 0 Å². The number of hydrogen-bond acceptors (Lipinski definition) is 4. The normalized spacial score (nSPS) is 13.2. The summed E-state index contributed by atoms with van der Waals surface area (Å²) >= 11 is 0. The quantitative estimate of drug-likeness (QED) is 0.909. The fourth-order valence-electron chi connectivity index (χ4n) is 2.19. The Morgan fingerprint density at radius 2 is 1.86 bits per heavy atom. The van der Waals surface area contributed by atoms with Crippen LogP contribution in [0.25, 0.3) is 0 Å². The summed E-state index contributed by atoms with van der Waals surface area (Å²) in [5, 5.41) is 8.95. The molecule has 1 aliphatic heterocycles. The zero-order valence-electron chi connectivity index (χ0n) is 11.0. The van der Waals surface area contributed by atoms with Crippen LogP contribution in [0, 0.1) is 0 Å². The fourth-order valence-corrected chi connectivity index (χ4v) is 2.19. The second-order valence-corrected chi connectivity index (χ2v) is 4.49. The second kappa shape index (κ2) is 5.24. The molecule has 2 heterocycles. The van der Waals surface area contributed by atoms with Gasteiger partial charge in [0.05, 0.1) is 12.2 Å². The number of para-hydroxylation sites is 2. The zero-order chi connectivity index (χ0) is 14.8. The van der Waals surface area contributed by atoms with E-state index in [1.54, 1.807) is 17.0 Å². The number of carboxylic acids is 1.